The largest absolute Gasteiger partial charge is 0.350 e. The van der Waals surface area contributed by atoms with Crippen LogP contribution in [0.2, 0.25) is 0 Å². The van der Waals surface area contributed by atoms with Gasteiger partial charge in [0.25, 0.3) is 11.5 Å². The molecule has 5 rings (SSSR count). The van der Waals surface area contributed by atoms with Crippen LogP contribution in [0.3, 0.4) is 0 Å². The van der Waals surface area contributed by atoms with Crippen molar-refractivity contribution in [2.24, 2.45) is 0 Å². The highest BCUT2D eigenvalue weighted by Crippen LogP contribution is 2.39. The fourth-order valence-corrected chi connectivity index (χ4v) is 4.12. The van der Waals surface area contributed by atoms with Crippen LogP contribution in [0.4, 0.5) is 22.0 Å². The molecule has 2 atom stereocenters. The van der Waals surface area contributed by atoms with Crippen LogP contribution in [0.25, 0.3) is 21.7 Å². The number of amides is 1. The Balaban J connectivity index is 1.63. The van der Waals surface area contributed by atoms with Gasteiger partial charge in [0, 0.05) is 29.6 Å². The Bertz CT molecular complexity index is 1470. The van der Waals surface area contributed by atoms with E-state index in [9.17, 15) is 31.5 Å². The van der Waals surface area contributed by atoms with Crippen LogP contribution < -0.4 is 5.56 Å². The number of alkyl halides is 1. The van der Waals surface area contributed by atoms with Gasteiger partial charge in [-0.15, -0.1) is 0 Å². The van der Waals surface area contributed by atoms with Gasteiger partial charge in [0.05, 0.1) is 23.7 Å². The summed E-state index contributed by atoms with van der Waals surface area (Å²) in [6.45, 7) is -0.347. The first-order chi connectivity index (χ1) is 15.7. The summed E-state index contributed by atoms with van der Waals surface area (Å²) in [7, 11) is 1.36. The maximum Gasteiger partial charge on any atom is 0.270 e. The molecule has 170 valence electrons. The highest BCUT2D eigenvalue weighted by atomic mass is 19.2. The Kier molecular flexibility index (Phi) is 4.74. The number of benzene rings is 2. The van der Waals surface area contributed by atoms with E-state index in [2.05, 4.69) is 9.97 Å². The lowest BCUT2D eigenvalue weighted by Gasteiger charge is -2.34. The Labute approximate surface area is 181 Å². The number of rotatable bonds is 2. The van der Waals surface area contributed by atoms with Crippen molar-refractivity contribution >= 4 is 27.6 Å². The van der Waals surface area contributed by atoms with Gasteiger partial charge in [0.15, 0.2) is 23.3 Å². The lowest BCUT2D eigenvalue weighted by Crippen LogP contribution is -2.38. The van der Waals surface area contributed by atoms with Crippen LogP contribution in [0.1, 0.15) is 34.1 Å². The molecule has 6 nitrogen and oxygen atoms in total. The minimum atomic E-state index is -2.05. The summed E-state index contributed by atoms with van der Waals surface area (Å²) in [6, 6.07) is 3.63. The SMILES string of the molecule is CN(C(=O)c1cc2cc(F)c(F)cc2[nH]1)[C@H]1CO[C@@H](F)c2[nH]c(=O)c3cc(F)c(F)cc3c21. The lowest BCUT2D eigenvalue weighted by atomic mass is 9.95. The number of nitrogens with zero attached hydrogens (tertiary/aromatic N) is 1. The summed E-state index contributed by atoms with van der Waals surface area (Å²) in [4.78, 5) is 31.6. The van der Waals surface area contributed by atoms with E-state index in [1.54, 1.807) is 0 Å². The maximum absolute atomic E-state index is 14.5. The Morgan fingerprint density at radius 2 is 1.61 bits per heavy atom. The summed E-state index contributed by atoms with van der Waals surface area (Å²) in [5.41, 5.74) is -0.931. The minimum Gasteiger partial charge on any atom is -0.350 e. The van der Waals surface area contributed by atoms with Crippen molar-refractivity contribution in [3.05, 3.63) is 80.9 Å². The number of likely N-dealkylation sites (N-methyl/N-ethyl adjacent to an activating group) is 1. The Morgan fingerprint density at radius 3 is 2.33 bits per heavy atom. The number of aromatic nitrogens is 2. The third-order valence-electron chi connectivity index (χ3n) is 5.77. The number of ether oxygens (including phenoxy) is 1. The Hall–Kier alpha value is -3.73. The summed E-state index contributed by atoms with van der Waals surface area (Å²) < 4.78 is 74.4. The number of halogens is 5. The van der Waals surface area contributed by atoms with Crippen molar-refractivity contribution in [3.63, 3.8) is 0 Å². The number of nitrogens with one attached hydrogen (secondary N) is 2. The summed E-state index contributed by atoms with van der Waals surface area (Å²) >= 11 is 0. The monoisotopic (exact) mass is 463 g/mol. The fraction of sp³-hybridized carbons (Fsp3) is 0.182. The van der Waals surface area contributed by atoms with Crippen molar-refractivity contribution in [1.82, 2.24) is 14.9 Å². The van der Waals surface area contributed by atoms with E-state index in [-0.39, 0.29) is 45.2 Å². The zero-order valence-corrected chi connectivity index (χ0v) is 16.8. The van der Waals surface area contributed by atoms with Crippen LogP contribution in [0.5, 0.6) is 0 Å². The van der Waals surface area contributed by atoms with Crippen LogP contribution in [-0.2, 0) is 4.74 Å². The molecule has 4 aromatic rings. The van der Waals surface area contributed by atoms with Gasteiger partial charge < -0.3 is 19.6 Å². The molecule has 0 saturated heterocycles. The molecule has 11 heteroatoms. The summed E-state index contributed by atoms with van der Waals surface area (Å²) in [6.07, 6.45) is -2.05. The molecule has 0 fully saturated rings. The molecule has 2 aromatic carbocycles. The van der Waals surface area contributed by atoms with Gasteiger partial charge in [0.1, 0.15) is 5.69 Å². The molecule has 1 aliphatic heterocycles. The van der Waals surface area contributed by atoms with Gasteiger partial charge in [-0.1, -0.05) is 0 Å². The van der Waals surface area contributed by atoms with Crippen molar-refractivity contribution in [2.45, 2.75) is 12.4 Å². The van der Waals surface area contributed by atoms with Gasteiger partial charge in [0.2, 0.25) is 6.36 Å². The first kappa shape index (κ1) is 21.1. The predicted octanol–water partition coefficient (Wildman–Crippen LogP) is 4.38. The smallest absolute Gasteiger partial charge is 0.270 e. The van der Waals surface area contributed by atoms with E-state index < -0.39 is 47.1 Å². The molecule has 0 bridgehead atoms. The van der Waals surface area contributed by atoms with Crippen molar-refractivity contribution in [1.29, 1.82) is 0 Å². The molecule has 0 unspecified atom stereocenters. The highest BCUT2D eigenvalue weighted by molar-refractivity contribution is 5.98. The molecular weight excluding hydrogens is 449 g/mol. The number of H-pyrrole nitrogens is 2. The zero-order chi connectivity index (χ0) is 23.6. The fourth-order valence-electron chi connectivity index (χ4n) is 4.12. The predicted molar refractivity (Wildman–Crippen MR) is 107 cm³/mol. The number of hydrogen-bond acceptors (Lipinski definition) is 3. The van der Waals surface area contributed by atoms with E-state index in [4.69, 9.17) is 4.74 Å². The molecule has 1 aliphatic rings. The average Bonchev–Trinajstić information content (AvgIpc) is 3.18. The quantitative estimate of drug-likeness (QED) is 0.434. The topological polar surface area (TPSA) is 78.2 Å². The maximum atomic E-state index is 14.5. The molecule has 2 aromatic heterocycles. The standard InChI is InChI=1S/C22H14F5N3O3/c1-30(22(32)16-3-8-2-11(23)14(26)6-15(8)28-16)17-7-33-20(27)19-18(17)9-4-12(24)13(25)5-10(9)21(31)29-19/h2-6,17,20,28H,7H2,1H3,(H,29,31)/t17-,20+/m0/s1. The summed E-state index contributed by atoms with van der Waals surface area (Å²) in [5.74, 6) is -5.32. The molecule has 0 saturated carbocycles. The van der Waals surface area contributed by atoms with Crippen molar-refractivity contribution in [2.75, 3.05) is 13.7 Å². The summed E-state index contributed by atoms with van der Waals surface area (Å²) in [5, 5.41) is -0.0321. The zero-order valence-electron chi connectivity index (χ0n) is 16.8. The second-order valence-electron chi connectivity index (χ2n) is 7.71. The van der Waals surface area contributed by atoms with Gasteiger partial charge >= 0.3 is 0 Å². The normalized spacial score (nSPS) is 18.0. The number of hydrogen-bond donors (Lipinski definition) is 2. The van der Waals surface area contributed by atoms with Crippen molar-refractivity contribution in [3.8, 4) is 0 Å². The van der Waals surface area contributed by atoms with Gasteiger partial charge in [-0.3, -0.25) is 9.59 Å². The first-order valence-electron chi connectivity index (χ1n) is 9.71. The number of pyridine rings is 1. The van der Waals surface area contributed by atoms with Gasteiger partial charge in [-0.05, 0) is 29.7 Å². The molecule has 0 radical (unpaired) electrons. The molecule has 1 amide bonds. The van der Waals surface area contributed by atoms with Gasteiger partial charge in [-0.25, -0.2) is 22.0 Å². The van der Waals surface area contributed by atoms with E-state index in [1.807, 2.05) is 0 Å². The molecule has 0 spiro atoms. The Morgan fingerprint density at radius 1 is 0.970 bits per heavy atom. The molecular formula is C22H14F5N3O3. The number of aromatic amines is 2. The third kappa shape index (κ3) is 3.27. The second kappa shape index (κ2) is 7.41. The van der Waals surface area contributed by atoms with E-state index in [1.165, 1.54) is 13.1 Å². The molecule has 0 aliphatic carbocycles. The average molecular weight is 463 g/mol. The van der Waals surface area contributed by atoms with E-state index in [0.29, 0.717) is 6.07 Å². The van der Waals surface area contributed by atoms with E-state index in [0.717, 1.165) is 23.1 Å². The number of carbonyl (C=O) groups is 1. The molecule has 33 heavy (non-hydrogen) atoms. The highest BCUT2D eigenvalue weighted by Gasteiger charge is 2.36. The first-order valence-corrected chi connectivity index (χ1v) is 9.71. The van der Waals surface area contributed by atoms with Crippen LogP contribution in [0.15, 0.2) is 35.1 Å². The lowest BCUT2D eigenvalue weighted by molar-refractivity contribution is -0.0771. The number of fused-ring (bicyclic) bond motifs is 4. The van der Waals surface area contributed by atoms with Crippen LogP contribution in [-0.4, -0.2) is 34.4 Å². The number of carbonyl (C=O) groups excluding carboxylic acids is 1. The van der Waals surface area contributed by atoms with Crippen LogP contribution >= 0.6 is 0 Å². The minimum absolute atomic E-state index is 0.0209. The van der Waals surface area contributed by atoms with Crippen molar-refractivity contribution < 1.29 is 31.5 Å². The second-order valence-corrected chi connectivity index (χ2v) is 7.71. The molecule has 2 N–H and O–H groups in total. The van der Waals surface area contributed by atoms with Gasteiger partial charge in [-0.2, -0.15) is 0 Å². The van der Waals surface area contributed by atoms with Crippen LogP contribution in [0, 0.1) is 23.3 Å². The van der Waals surface area contributed by atoms with E-state index >= 15 is 0 Å². The third-order valence-corrected chi connectivity index (χ3v) is 5.77. The molecule has 3 heterocycles.